The van der Waals surface area contributed by atoms with E-state index in [-0.39, 0.29) is 7.43 Å². The molecule has 472 valence electrons. The standard InChI is InChI=1S/C36H26N2.C24H16BrN.C18H12IN.C12H11N.CH4/c1-4-12-29(13-5-1)37(30-14-6-2-7-15-30)32-23-20-27(21-24-32)28-22-25-36-34(26-28)33-18-10-11-19-35(33)38(36)31-16-8-3-9-17-31;25-19-13-10-17(11-14-19)18-12-15-24-22(16-18)21-8-4-5-9-23(21)26(24)20-6-2-1-3-7-20;19-13-10-11-18-16(12-13)15-8-4-5-9-17(15)20(18)14-6-2-1-3-7-14;1-3-7-11(8-4-1)13-12-9-5-2-6-10-12;/h1-26H;1-16H;1-12H;1-10,13H;1H4. The minimum atomic E-state index is 0. The van der Waals surface area contributed by atoms with Gasteiger partial charge in [0.25, 0.3) is 0 Å². The smallest absolute Gasteiger partial charge is 0.0541 e. The minimum Gasteiger partial charge on any atom is -0.356 e. The van der Waals surface area contributed by atoms with Crippen LogP contribution >= 0.6 is 38.5 Å². The molecular formula is C91H69BrIN5. The number of hydrogen-bond donors (Lipinski definition) is 1. The lowest BCUT2D eigenvalue weighted by Gasteiger charge is -2.25. The van der Waals surface area contributed by atoms with Crippen molar-refractivity contribution >= 4 is 132 Å². The molecule has 0 saturated heterocycles. The lowest BCUT2D eigenvalue weighted by molar-refractivity contribution is 1.18. The van der Waals surface area contributed by atoms with Crippen molar-refractivity contribution in [3.05, 3.63) is 396 Å². The molecule has 0 aliphatic rings. The number of anilines is 5. The van der Waals surface area contributed by atoms with Gasteiger partial charge < -0.3 is 23.9 Å². The molecule has 5 nitrogen and oxygen atoms in total. The summed E-state index contributed by atoms with van der Waals surface area (Å²) in [5.41, 5.74) is 21.5. The van der Waals surface area contributed by atoms with Gasteiger partial charge in [0, 0.05) is 85.9 Å². The SMILES string of the molecule is Brc1ccc(-c2ccc3c(c2)c2ccccc2n3-c2ccccc2)cc1.C.Ic1ccc2c(c1)c1ccccc1n2-c1ccccc1.c1ccc(N(c2ccccc2)c2ccc(-c3ccc4c(c3)c3ccccc3n4-c3ccccc3)cc2)cc1.c1ccc(Nc2ccccc2)cc1. The molecule has 15 aromatic carbocycles. The van der Waals surface area contributed by atoms with Gasteiger partial charge in [-0.2, -0.15) is 0 Å². The van der Waals surface area contributed by atoms with Crippen LogP contribution in [0.15, 0.2) is 393 Å². The molecule has 0 fully saturated rings. The van der Waals surface area contributed by atoms with Crippen LogP contribution in [-0.4, -0.2) is 13.7 Å². The van der Waals surface area contributed by atoms with Crippen LogP contribution in [0.4, 0.5) is 28.4 Å². The number of hydrogen-bond acceptors (Lipinski definition) is 2. The average Bonchev–Trinajstić information content (AvgIpc) is 1.61. The number of nitrogens with zero attached hydrogens (tertiary/aromatic N) is 4. The third-order valence-electron chi connectivity index (χ3n) is 17.5. The van der Waals surface area contributed by atoms with Gasteiger partial charge in [-0.25, -0.2) is 0 Å². The van der Waals surface area contributed by atoms with Crippen molar-refractivity contribution in [2.45, 2.75) is 7.43 Å². The number of halogens is 2. The van der Waals surface area contributed by atoms with E-state index in [0.717, 1.165) is 32.9 Å². The van der Waals surface area contributed by atoms with Crippen molar-refractivity contribution in [2.24, 2.45) is 0 Å². The van der Waals surface area contributed by atoms with Gasteiger partial charge in [0.05, 0.1) is 33.1 Å². The molecule has 98 heavy (non-hydrogen) atoms. The Morgan fingerprint density at radius 1 is 0.245 bits per heavy atom. The van der Waals surface area contributed by atoms with E-state index < -0.39 is 0 Å². The summed E-state index contributed by atoms with van der Waals surface area (Å²) in [6, 6.07) is 137. The van der Waals surface area contributed by atoms with E-state index in [4.69, 9.17) is 0 Å². The van der Waals surface area contributed by atoms with Crippen molar-refractivity contribution in [2.75, 3.05) is 10.2 Å². The summed E-state index contributed by atoms with van der Waals surface area (Å²) in [6.45, 7) is 0. The molecule has 18 rings (SSSR count). The molecule has 0 saturated carbocycles. The van der Waals surface area contributed by atoms with Crippen LogP contribution in [0.5, 0.6) is 0 Å². The monoisotopic (exact) mass is 1440 g/mol. The quantitative estimate of drug-likeness (QED) is 0.138. The Balaban J connectivity index is 0.000000119. The summed E-state index contributed by atoms with van der Waals surface area (Å²) in [5.74, 6) is 0. The first-order valence-corrected chi connectivity index (χ1v) is 34.4. The zero-order valence-electron chi connectivity index (χ0n) is 53.0. The normalized spacial score (nSPS) is 10.9. The average molecular weight is 1440 g/mol. The number of fused-ring (bicyclic) bond motifs is 9. The van der Waals surface area contributed by atoms with E-state index >= 15 is 0 Å². The van der Waals surface area contributed by atoms with Gasteiger partial charge in [0.15, 0.2) is 0 Å². The summed E-state index contributed by atoms with van der Waals surface area (Å²) in [4.78, 5) is 2.29. The zero-order valence-corrected chi connectivity index (χ0v) is 56.7. The predicted octanol–water partition coefficient (Wildman–Crippen LogP) is 26.6. The van der Waals surface area contributed by atoms with Crippen LogP contribution in [0.1, 0.15) is 7.43 Å². The van der Waals surface area contributed by atoms with Crippen molar-refractivity contribution in [3.63, 3.8) is 0 Å². The summed E-state index contributed by atoms with van der Waals surface area (Å²) in [7, 11) is 0. The highest BCUT2D eigenvalue weighted by Crippen LogP contribution is 2.40. The Morgan fingerprint density at radius 3 is 0.898 bits per heavy atom. The maximum Gasteiger partial charge on any atom is 0.0541 e. The summed E-state index contributed by atoms with van der Waals surface area (Å²) < 4.78 is 9.40. The summed E-state index contributed by atoms with van der Waals surface area (Å²) in [5, 5.41) is 11.0. The Hall–Kier alpha value is -11.5. The Bertz CT molecular complexity index is 5570. The van der Waals surface area contributed by atoms with E-state index in [2.05, 4.69) is 390 Å². The maximum absolute atomic E-state index is 3.52. The summed E-state index contributed by atoms with van der Waals surface area (Å²) >= 11 is 5.89. The first-order chi connectivity index (χ1) is 48.0. The highest BCUT2D eigenvalue weighted by Gasteiger charge is 2.17. The van der Waals surface area contributed by atoms with Crippen LogP contribution in [0.2, 0.25) is 0 Å². The number of aromatic nitrogens is 3. The van der Waals surface area contributed by atoms with Gasteiger partial charge in [-0.15, -0.1) is 0 Å². The largest absolute Gasteiger partial charge is 0.356 e. The van der Waals surface area contributed by atoms with Crippen molar-refractivity contribution < 1.29 is 0 Å². The van der Waals surface area contributed by atoms with E-state index in [9.17, 15) is 0 Å². The lowest BCUT2D eigenvalue weighted by atomic mass is 10.0. The molecular weight excluding hydrogens is 1370 g/mol. The van der Waals surface area contributed by atoms with Crippen LogP contribution < -0.4 is 10.2 Å². The van der Waals surface area contributed by atoms with Gasteiger partial charge in [0.2, 0.25) is 0 Å². The molecule has 0 aliphatic heterocycles. The minimum absolute atomic E-state index is 0. The number of nitrogens with one attached hydrogen (secondary N) is 1. The van der Waals surface area contributed by atoms with E-state index in [0.29, 0.717) is 0 Å². The molecule has 18 aromatic rings. The Labute approximate surface area is 594 Å². The van der Waals surface area contributed by atoms with E-state index in [1.54, 1.807) is 0 Å². The molecule has 3 aromatic heterocycles. The van der Waals surface area contributed by atoms with Gasteiger partial charge in [0.1, 0.15) is 0 Å². The van der Waals surface area contributed by atoms with E-state index in [1.165, 1.54) is 108 Å². The second-order valence-electron chi connectivity index (χ2n) is 23.6. The lowest BCUT2D eigenvalue weighted by Crippen LogP contribution is -2.09. The Morgan fingerprint density at radius 2 is 0.520 bits per heavy atom. The first kappa shape index (κ1) is 63.9. The zero-order chi connectivity index (χ0) is 65.3. The first-order valence-electron chi connectivity index (χ1n) is 32.5. The molecule has 1 N–H and O–H groups in total. The number of benzene rings is 15. The van der Waals surface area contributed by atoms with Crippen LogP contribution in [0, 0.1) is 3.57 Å². The van der Waals surface area contributed by atoms with Crippen LogP contribution in [0.25, 0.3) is 105 Å². The van der Waals surface area contributed by atoms with Crippen LogP contribution in [-0.2, 0) is 0 Å². The Kier molecular flexibility index (Phi) is 19.3. The fourth-order valence-corrected chi connectivity index (χ4v) is 13.8. The third-order valence-corrected chi connectivity index (χ3v) is 18.7. The third kappa shape index (κ3) is 13.6. The topological polar surface area (TPSA) is 30.1 Å². The van der Waals surface area contributed by atoms with E-state index in [1.807, 2.05) is 60.7 Å². The molecule has 0 aliphatic carbocycles. The second-order valence-corrected chi connectivity index (χ2v) is 25.8. The molecule has 0 bridgehead atoms. The molecule has 0 spiro atoms. The number of para-hydroxylation sites is 10. The predicted molar refractivity (Wildman–Crippen MR) is 431 cm³/mol. The van der Waals surface area contributed by atoms with Crippen molar-refractivity contribution in [1.82, 2.24) is 13.7 Å². The van der Waals surface area contributed by atoms with Crippen molar-refractivity contribution in [3.8, 4) is 39.3 Å². The number of rotatable bonds is 10. The van der Waals surface area contributed by atoms with Gasteiger partial charge in [-0.05, 0) is 215 Å². The highest BCUT2D eigenvalue weighted by molar-refractivity contribution is 14.1. The fraction of sp³-hybridized carbons (Fsp3) is 0.0110. The van der Waals surface area contributed by atoms with Crippen molar-refractivity contribution in [1.29, 1.82) is 0 Å². The fourth-order valence-electron chi connectivity index (χ4n) is 13.1. The molecule has 0 unspecified atom stereocenters. The molecule has 7 heteroatoms. The molecule has 3 heterocycles. The molecule has 0 atom stereocenters. The van der Waals surface area contributed by atoms with Gasteiger partial charge in [-0.1, -0.05) is 242 Å². The second kappa shape index (κ2) is 29.7. The van der Waals surface area contributed by atoms with Gasteiger partial charge >= 0.3 is 0 Å². The highest BCUT2D eigenvalue weighted by atomic mass is 127. The van der Waals surface area contributed by atoms with Gasteiger partial charge in [-0.3, -0.25) is 0 Å². The maximum atomic E-state index is 3.52. The molecule has 0 radical (unpaired) electrons. The molecule has 0 amide bonds. The summed E-state index contributed by atoms with van der Waals surface area (Å²) in [6.07, 6.45) is 0. The van der Waals surface area contributed by atoms with Crippen LogP contribution in [0.3, 0.4) is 0 Å².